The Balaban J connectivity index is 0.00000324. The van der Waals surface area contributed by atoms with E-state index in [1.54, 1.807) is 0 Å². The van der Waals surface area contributed by atoms with Crippen molar-refractivity contribution in [3.63, 3.8) is 0 Å². The second-order valence-electron chi connectivity index (χ2n) is 5.13. The number of hydrogen-bond donors (Lipinski definition) is 1. The van der Waals surface area contributed by atoms with Crippen molar-refractivity contribution in [2.45, 2.75) is 65.2 Å². The first-order valence-electron chi connectivity index (χ1n) is 7.81. The molecule has 0 fully saturated rings. The lowest BCUT2D eigenvalue weighted by molar-refractivity contribution is 0.498. The lowest BCUT2D eigenvalue weighted by Gasteiger charge is -2.16. The largest absolute Gasteiger partial charge is 0.355 e. The molecular weight excluding hydrogens is 234 g/mol. The van der Waals surface area contributed by atoms with E-state index in [1.165, 1.54) is 50.8 Å². The molecule has 3 heteroatoms. The summed E-state index contributed by atoms with van der Waals surface area (Å²) in [5.41, 5.74) is 0. The van der Waals surface area contributed by atoms with E-state index in [0.717, 1.165) is 26.1 Å². The van der Waals surface area contributed by atoms with Gasteiger partial charge in [0, 0.05) is 19.5 Å². The Morgan fingerprint density at radius 3 is 2.53 bits per heavy atom. The van der Waals surface area contributed by atoms with Crippen LogP contribution in [0.1, 0.15) is 65.2 Å². The fraction of sp³-hybridized carbons (Fsp3) is 0.812. The summed E-state index contributed by atoms with van der Waals surface area (Å²) >= 11 is 0. The molecule has 19 heavy (non-hydrogen) atoms. The third-order valence-electron chi connectivity index (χ3n) is 3.56. The van der Waals surface area contributed by atoms with E-state index in [2.05, 4.69) is 35.9 Å². The maximum Gasteiger partial charge on any atom is 0.0990 e. The summed E-state index contributed by atoms with van der Waals surface area (Å²) in [7, 11) is 0. The molecule has 0 saturated heterocycles. The van der Waals surface area contributed by atoms with Crippen molar-refractivity contribution in [1.82, 2.24) is 11.1 Å². The van der Waals surface area contributed by atoms with E-state index >= 15 is 0 Å². The molecule has 0 unspecified atom stereocenters. The highest BCUT2D eigenvalue weighted by Gasteiger charge is 2.12. The molecule has 0 aromatic rings. The number of unbranched alkanes of at least 4 members (excludes halogenated alkanes) is 6. The van der Waals surface area contributed by atoms with Gasteiger partial charge in [-0.05, 0) is 12.8 Å². The van der Waals surface area contributed by atoms with Gasteiger partial charge in [0.15, 0.2) is 0 Å². The Hall–Kier alpha value is -0.830. The summed E-state index contributed by atoms with van der Waals surface area (Å²) in [6.45, 7) is 7.63. The SMILES string of the molecule is CCCCCCCCC=CCN1CCN=C1CC.N. The molecule has 0 atom stereocenters. The van der Waals surface area contributed by atoms with Crippen LogP contribution in [-0.4, -0.2) is 30.4 Å². The van der Waals surface area contributed by atoms with Crippen molar-refractivity contribution in [2.75, 3.05) is 19.6 Å². The molecule has 3 N–H and O–H groups in total. The molecule has 0 aromatic carbocycles. The quantitative estimate of drug-likeness (QED) is 0.465. The fourth-order valence-corrected chi connectivity index (χ4v) is 2.42. The normalized spacial score (nSPS) is 14.8. The molecule has 0 aromatic heterocycles. The van der Waals surface area contributed by atoms with Gasteiger partial charge in [0.25, 0.3) is 0 Å². The molecule has 1 heterocycles. The predicted octanol–water partition coefficient (Wildman–Crippen LogP) is 4.58. The highest BCUT2D eigenvalue weighted by atomic mass is 15.2. The first kappa shape index (κ1) is 18.2. The van der Waals surface area contributed by atoms with Crippen LogP contribution in [0.3, 0.4) is 0 Å². The van der Waals surface area contributed by atoms with Crippen molar-refractivity contribution in [2.24, 2.45) is 4.99 Å². The Labute approximate surface area is 119 Å². The van der Waals surface area contributed by atoms with E-state index in [-0.39, 0.29) is 6.15 Å². The molecule has 0 radical (unpaired) electrons. The molecule has 1 rings (SSSR count). The van der Waals surface area contributed by atoms with Gasteiger partial charge in [0.1, 0.15) is 0 Å². The average Bonchev–Trinajstić information content (AvgIpc) is 2.84. The van der Waals surface area contributed by atoms with Crippen LogP contribution in [0.4, 0.5) is 0 Å². The summed E-state index contributed by atoms with van der Waals surface area (Å²) in [6, 6.07) is 0. The molecular formula is C16H33N3. The van der Waals surface area contributed by atoms with Gasteiger partial charge in [-0.2, -0.15) is 0 Å². The summed E-state index contributed by atoms with van der Waals surface area (Å²) in [6.07, 6.45) is 15.3. The first-order chi connectivity index (χ1) is 8.88. The van der Waals surface area contributed by atoms with Gasteiger partial charge in [-0.1, -0.05) is 58.1 Å². The third-order valence-corrected chi connectivity index (χ3v) is 3.56. The zero-order chi connectivity index (χ0) is 13.1. The van der Waals surface area contributed by atoms with E-state index in [9.17, 15) is 0 Å². The second-order valence-corrected chi connectivity index (χ2v) is 5.13. The van der Waals surface area contributed by atoms with Crippen LogP contribution in [0, 0.1) is 0 Å². The highest BCUT2D eigenvalue weighted by molar-refractivity contribution is 5.83. The van der Waals surface area contributed by atoms with Crippen molar-refractivity contribution in [3.05, 3.63) is 12.2 Å². The molecule has 3 nitrogen and oxygen atoms in total. The Kier molecular flexibility index (Phi) is 11.7. The number of nitrogens with zero attached hydrogens (tertiary/aromatic N) is 2. The number of hydrogen-bond acceptors (Lipinski definition) is 3. The van der Waals surface area contributed by atoms with Crippen LogP contribution in [0.25, 0.3) is 0 Å². The monoisotopic (exact) mass is 267 g/mol. The summed E-state index contributed by atoms with van der Waals surface area (Å²) in [5.74, 6) is 1.29. The first-order valence-corrected chi connectivity index (χ1v) is 7.81. The smallest absolute Gasteiger partial charge is 0.0990 e. The van der Waals surface area contributed by atoms with Gasteiger partial charge in [-0.25, -0.2) is 0 Å². The molecule has 1 aliphatic heterocycles. The van der Waals surface area contributed by atoms with E-state index < -0.39 is 0 Å². The summed E-state index contributed by atoms with van der Waals surface area (Å²) in [5, 5.41) is 0. The zero-order valence-corrected chi connectivity index (χ0v) is 13.0. The van der Waals surface area contributed by atoms with Gasteiger partial charge in [-0.3, -0.25) is 4.99 Å². The maximum atomic E-state index is 4.50. The van der Waals surface area contributed by atoms with Crippen molar-refractivity contribution < 1.29 is 0 Å². The third kappa shape index (κ3) is 8.04. The number of rotatable bonds is 10. The molecule has 0 saturated carbocycles. The zero-order valence-electron chi connectivity index (χ0n) is 13.0. The number of allylic oxidation sites excluding steroid dienone is 1. The van der Waals surface area contributed by atoms with Crippen LogP contribution in [0.15, 0.2) is 17.1 Å². The van der Waals surface area contributed by atoms with E-state index in [0.29, 0.717) is 0 Å². The highest BCUT2D eigenvalue weighted by Crippen LogP contribution is 2.08. The number of amidine groups is 1. The second kappa shape index (κ2) is 12.2. The van der Waals surface area contributed by atoms with Crippen LogP contribution >= 0.6 is 0 Å². The van der Waals surface area contributed by atoms with Gasteiger partial charge < -0.3 is 11.1 Å². The average molecular weight is 267 g/mol. The lowest BCUT2D eigenvalue weighted by atomic mass is 10.1. The van der Waals surface area contributed by atoms with E-state index in [1.807, 2.05) is 0 Å². The van der Waals surface area contributed by atoms with Gasteiger partial charge in [0.05, 0.1) is 12.4 Å². The fourth-order valence-electron chi connectivity index (χ4n) is 2.42. The number of aliphatic imine (C=N–C) groups is 1. The molecule has 0 aliphatic carbocycles. The summed E-state index contributed by atoms with van der Waals surface area (Å²) < 4.78 is 0. The Morgan fingerprint density at radius 1 is 1.05 bits per heavy atom. The Morgan fingerprint density at radius 2 is 1.79 bits per heavy atom. The minimum atomic E-state index is 0. The molecule has 0 amide bonds. The summed E-state index contributed by atoms with van der Waals surface area (Å²) in [4.78, 5) is 6.90. The van der Waals surface area contributed by atoms with Gasteiger partial charge in [-0.15, -0.1) is 0 Å². The van der Waals surface area contributed by atoms with Crippen molar-refractivity contribution >= 4 is 5.84 Å². The standard InChI is InChI=1S/C16H30N2.H3N/c1-3-5-6-7-8-9-10-11-12-14-18-15-13-17-16(18)4-2;/h11-12H,3-10,13-15H2,1-2H3;1H3. The van der Waals surface area contributed by atoms with Crippen molar-refractivity contribution in [1.29, 1.82) is 0 Å². The molecule has 1 aliphatic rings. The lowest BCUT2D eigenvalue weighted by Crippen LogP contribution is -2.27. The van der Waals surface area contributed by atoms with Crippen LogP contribution < -0.4 is 6.15 Å². The Bertz CT molecular complexity index is 259. The minimum Gasteiger partial charge on any atom is -0.355 e. The van der Waals surface area contributed by atoms with Crippen LogP contribution in [-0.2, 0) is 0 Å². The van der Waals surface area contributed by atoms with Gasteiger partial charge >= 0.3 is 0 Å². The molecule has 0 bridgehead atoms. The predicted molar refractivity (Wildman–Crippen MR) is 86.3 cm³/mol. The van der Waals surface area contributed by atoms with Crippen LogP contribution in [0.5, 0.6) is 0 Å². The van der Waals surface area contributed by atoms with Gasteiger partial charge in [0.2, 0.25) is 0 Å². The maximum absolute atomic E-state index is 4.50. The molecule has 0 spiro atoms. The van der Waals surface area contributed by atoms with Crippen molar-refractivity contribution in [3.8, 4) is 0 Å². The van der Waals surface area contributed by atoms with Crippen LogP contribution in [0.2, 0.25) is 0 Å². The molecule has 112 valence electrons. The minimum absolute atomic E-state index is 0. The topological polar surface area (TPSA) is 50.6 Å². The van der Waals surface area contributed by atoms with E-state index in [4.69, 9.17) is 0 Å².